The highest BCUT2D eigenvalue weighted by Crippen LogP contribution is 2.18. The predicted molar refractivity (Wildman–Crippen MR) is 55.7 cm³/mol. The summed E-state index contributed by atoms with van der Waals surface area (Å²) in [5, 5.41) is 5.91. The van der Waals surface area contributed by atoms with Crippen molar-refractivity contribution in [2.24, 2.45) is 7.05 Å². The summed E-state index contributed by atoms with van der Waals surface area (Å²) >= 11 is 1.59. The van der Waals surface area contributed by atoms with Gasteiger partial charge in [0.05, 0.1) is 0 Å². The van der Waals surface area contributed by atoms with Crippen LogP contribution in [0.1, 0.15) is 20.9 Å². The van der Waals surface area contributed by atoms with E-state index in [0.29, 0.717) is 5.69 Å². The van der Waals surface area contributed by atoms with Gasteiger partial charge in [-0.15, -0.1) is 11.3 Å². The number of hydrogen-bond donors (Lipinski definition) is 0. The first-order valence-electron chi connectivity index (χ1n) is 4.27. The molecule has 14 heavy (non-hydrogen) atoms. The zero-order chi connectivity index (χ0) is 10.1. The number of ketones is 1. The Kier molecular flexibility index (Phi) is 2.21. The molecule has 0 aliphatic rings. The second-order valence-electron chi connectivity index (χ2n) is 3.06. The summed E-state index contributed by atoms with van der Waals surface area (Å²) in [7, 11) is 1.77. The molecule has 4 heteroatoms. The highest BCUT2D eigenvalue weighted by molar-refractivity contribution is 7.10. The maximum atomic E-state index is 12.0. The van der Waals surface area contributed by atoms with Crippen LogP contribution in [0.4, 0.5) is 0 Å². The van der Waals surface area contributed by atoms with Gasteiger partial charge in [0.15, 0.2) is 0 Å². The molecule has 0 aliphatic carbocycles. The Morgan fingerprint density at radius 3 is 2.79 bits per heavy atom. The summed E-state index contributed by atoms with van der Waals surface area (Å²) in [6.45, 7) is 1.95. The molecule has 0 amide bonds. The van der Waals surface area contributed by atoms with E-state index in [1.54, 1.807) is 35.3 Å². The van der Waals surface area contributed by atoms with E-state index in [4.69, 9.17) is 0 Å². The lowest BCUT2D eigenvalue weighted by molar-refractivity contribution is 0.103. The van der Waals surface area contributed by atoms with Gasteiger partial charge in [0.2, 0.25) is 5.78 Å². The molecule has 0 unspecified atom stereocenters. The molecule has 0 aliphatic heterocycles. The Bertz CT molecular complexity index is 428. The Morgan fingerprint density at radius 1 is 1.50 bits per heavy atom. The van der Waals surface area contributed by atoms with E-state index < -0.39 is 0 Å². The van der Waals surface area contributed by atoms with Gasteiger partial charge in [-0.1, -0.05) is 0 Å². The maximum absolute atomic E-state index is 12.0. The lowest BCUT2D eigenvalue weighted by Gasteiger charge is -1.99. The summed E-state index contributed by atoms with van der Waals surface area (Å²) < 4.78 is 1.60. The van der Waals surface area contributed by atoms with Gasteiger partial charge >= 0.3 is 0 Å². The van der Waals surface area contributed by atoms with Crippen LogP contribution in [0.5, 0.6) is 0 Å². The van der Waals surface area contributed by atoms with Gasteiger partial charge < -0.3 is 0 Å². The van der Waals surface area contributed by atoms with Crippen LogP contribution in [-0.2, 0) is 7.05 Å². The van der Waals surface area contributed by atoms with Crippen LogP contribution in [0.3, 0.4) is 0 Å². The van der Waals surface area contributed by atoms with Crippen molar-refractivity contribution < 1.29 is 4.79 Å². The summed E-state index contributed by atoms with van der Waals surface area (Å²) in [5.41, 5.74) is 1.41. The van der Waals surface area contributed by atoms with Crippen LogP contribution in [0, 0.1) is 6.92 Å². The average Bonchev–Trinajstić information content (AvgIpc) is 2.73. The predicted octanol–water partition coefficient (Wildman–Crippen LogP) is 2.02. The van der Waals surface area contributed by atoms with Gasteiger partial charge in [-0.25, -0.2) is 0 Å². The van der Waals surface area contributed by atoms with Crippen molar-refractivity contribution in [1.29, 1.82) is 0 Å². The third-order valence-corrected chi connectivity index (χ3v) is 3.00. The Labute approximate surface area is 86.0 Å². The number of hydrogen-bond acceptors (Lipinski definition) is 3. The van der Waals surface area contributed by atoms with E-state index in [1.165, 1.54) is 0 Å². The van der Waals surface area contributed by atoms with Crippen molar-refractivity contribution in [1.82, 2.24) is 9.78 Å². The summed E-state index contributed by atoms with van der Waals surface area (Å²) in [6.07, 6.45) is 1.63. The van der Waals surface area contributed by atoms with Crippen molar-refractivity contribution in [2.45, 2.75) is 6.92 Å². The second-order valence-corrected chi connectivity index (χ2v) is 4.18. The van der Waals surface area contributed by atoms with Crippen molar-refractivity contribution in [3.05, 3.63) is 39.8 Å². The average molecular weight is 206 g/mol. The minimum absolute atomic E-state index is 0.0451. The van der Waals surface area contributed by atoms with Crippen molar-refractivity contribution in [2.75, 3.05) is 0 Å². The SMILES string of the molecule is Cc1sccc1C(=O)c1ccnn1C. The zero-order valence-corrected chi connectivity index (χ0v) is 8.84. The Morgan fingerprint density at radius 2 is 2.29 bits per heavy atom. The molecule has 2 heterocycles. The van der Waals surface area contributed by atoms with Gasteiger partial charge in [0, 0.05) is 23.7 Å². The molecule has 2 aromatic rings. The van der Waals surface area contributed by atoms with Crippen LogP contribution in [-0.4, -0.2) is 15.6 Å². The van der Waals surface area contributed by atoms with Crippen molar-refractivity contribution in [3.63, 3.8) is 0 Å². The third kappa shape index (κ3) is 1.37. The number of carbonyl (C=O) groups is 1. The fourth-order valence-corrected chi connectivity index (χ4v) is 2.05. The highest BCUT2D eigenvalue weighted by atomic mass is 32.1. The van der Waals surface area contributed by atoms with Crippen LogP contribution in [0.15, 0.2) is 23.7 Å². The van der Waals surface area contributed by atoms with Gasteiger partial charge in [0.25, 0.3) is 0 Å². The Balaban J connectivity index is 2.44. The molecule has 0 saturated heterocycles. The fourth-order valence-electron chi connectivity index (χ4n) is 1.36. The van der Waals surface area contributed by atoms with E-state index in [0.717, 1.165) is 10.4 Å². The maximum Gasteiger partial charge on any atom is 0.212 e. The van der Waals surface area contributed by atoms with Crippen LogP contribution >= 0.6 is 11.3 Å². The van der Waals surface area contributed by atoms with E-state index in [-0.39, 0.29) is 5.78 Å². The van der Waals surface area contributed by atoms with Crippen LogP contribution in [0.2, 0.25) is 0 Å². The van der Waals surface area contributed by atoms with Gasteiger partial charge in [-0.05, 0) is 24.4 Å². The summed E-state index contributed by atoms with van der Waals surface area (Å²) in [5.74, 6) is 0.0451. The van der Waals surface area contributed by atoms with Crippen molar-refractivity contribution in [3.8, 4) is 0 Å². The first-order valence-corrected chi connectivity index (χ1v) is 5.15. The topological polar surface area (TPSA) is 34.9 Å². The molecule has 0 aromatic carbocycles. The number of aryl methyl sites for hydroxylation is 2. The summed E-state index contributed by atoms with van der Waals surface area (Å²) in [6, 6.07) is 3.59. The van der Waals surface area contributed by atoms with Gasteiger partial charge in [-0.3, -0.25) is 9.48 Å². The second kappa shape index (κ2) is 3.38. The van der Waals surface area contributed by atoms with Crippen LogP contribution < -0.4 is 0 Å². The van der Waals surface area contributed by atoms with E-state index >= 15 is 0 Å². The largest absolute Gasteiger partial charge is 0.287 e. The molecule has 2 rings (SSSR count). The highest BCUT2D eigenvalue weighted by Gasteiger charge is 2.15. The van der Waals surface area contributed by atoms with E-state index in [9.17, 15) is 4.79 Å². The summed E-state index contributed by atoms with van der Waals surface area (Å²) in [4.78, 5) is 13.0. The van der Waals surface area contributed by atoms with E-state index in [1.807, 2.05) is 18.4 Å². The van der Waals surface area contributed by atoms with Gasteiger partial charge in [0.1, 0.15) is 5.69 Å². The molecule has 0 saturated carbocycles. The van der Waals surface area contributed by atoms with Crippen LogP contribution in [0.25, 0.3) is 0 Å². The molecule has 72 valence electrons. The normalized spacial score (nSPS) is 10.4. The minimum Gasteiger partial charge on any atom is -0.287 e. The lowest BCUT2D eigenvalue weighted by atomic mass is 10.1. The first kappa shape index (κ1) is 9.15. The molecule has 0 atom stereocenters. The molecular weight excluding hydrogens is 196 g/mol. The number of thiophene rings is 1. The molecule has 2 aromatic heterocycles. The molecule has 0 N–H and O–H groups in total. The van der Waals surface area contributed by atoms with E-state index in [2.05, 4.69) is 5.10 Å². The molecule has 0 spiro atoms. The molecular formula is C10H10N2OS. The smallest absolute Gasteiger partial charge is 0.212 e. The quantitative estimate of drug-likeness (QED) is 0.705. The molecule has 0 fully saturated rings. The number of aromatic nitrogens is 2. The monoisotopic (exact) mass is 206 g/mol. The molecule has 0 radical (unpaired) electrons. The number of rotatable bonds is 2. The Hall–Kier alpha value is -1.42. The lowest BCUT2D eigenvalue weighted by Crippen LogP contribution is -2.08. The number of nitrogens with zero attached hydrogens (tertiary/aromatic N) is 2. The zero-order valence-electron chi connectivity index (χ0n) is 8.02. The molecule has 0 bridgehead atoms. The number of carbonyl (C=O) groups excluding carboxylic acids is 1. The van der Waals surface area contributed by atoms with Crippen molar-refractivity contribution >= 4 is 17.1 Å². The minimum atomic E-state index is 0.0451. The standard InChI is InChI=1S/C10H10N2OS/c1-7-8(4-6-14-7)10(13)9-3-5-11-12(9)2/h3-6H,1-2H3. The first-order chi connectivity index (χ1) is 6.70. The van der Waals surface area contributed by atoms with Gasteiger partial charge in [-0.2, -0.15) is 5.10 Å². The third-order valence-electron chi connectivity index (χ3n) is 2.16. The molecule has 3 nitrogen and oxygen atoms in total. The fraction of sp³-hybridized carbons (Fsp3) is 0.200.